The van der Waals surface area contributed by atoms with Crippen LogP contribution in [0.25, 0.3) is 0 Å². The zero-order valence-corrected chi connectivity index (χ0v) is 6.45. The largest absolute Gasteiger partial charge is 0.506 e. The first-order valence-electron chi connectivity index (χ1n) is 3.24. The zero-order chi connectivity index (χ0) is 10.6. The fraction of sp³-hybridized carbons (Fsp3) is 0.500. The molecule has 0 aliphatic rings. The summed E-state index contributed by atoms with van der Waals surface area (Å²) in [5.74, 6) is -4.62. The summed E-state index contributed by atoms with van der Waals surface area (Å²) in [6.07, 6.45) is -3.78. The predicted molar refractivity (Wildman–Crippen MR) is 39.0 cm³/mol. The molecule has 0 aromatic carbocycles. The molecule has 0 saturated carbocycles. The molecule has 0 aliphatic heterocycles. The van der Waals surface area contributed by atoms with E-state index in [1.165, 1.54) is 0 Å². The number of hydrogen-bond donors (Lipinski definition) is 6. The highest BCUT2D eigenvalue weighted by atomic mass is 16.4. The summed E-state index contributed by atoms with van der Waals surface area (Å²) < 4.78 is 0. The maximum Gasteiger partial charge on any atom is 0.374 e. The Morgan fingerprint density at radius 1 is 1.15 bits per heavy atom. The molecule has 13 heavy (non-hydrogen) atoms. The van der Waals surface area contributed by atoms with Gasteiger partial charge in [-0.1, -0.05) is 0 Å². The Hall–Kier alpha value is -1.31. The van der Waals surface area contributed by atoms with Crippen LogP contribution in [0.5, 0.6) is 0 Å². The van der Waals surface area contributed by atoms with Crippen molar-refractivity contribution in [3.63, 3.8) is 0 Å². The Kier molecular flexibility index (Phi) is 4.18. The molecule has 0 amide bonds. The van der Waals surface area contributed by atoms with Gasteiger partial charge in [0.05, 0.1) is 6.61 Å². The second-order valence-corrected chi connectivity index (χ2v) is 2.23. The number of carbonyl (C=O) groups is 1. The number of hydrogen-bond acceptors (Lipinski definition) is 6. The molecular formula is C6H10O7. The smallest absolute Gasteiger partial charge is 0.374 e. The first-order chi connectivity index (χ1) is 5.91. The molecule has 0 bridgehead atoms. The van der Waals surface area contributed by atoms with Gasteiger partial charge in [0, 0.05) is 0 Å². The van der Waals surface area contributed by atoms with Crippen LogP contribution in [0, 0.1) is 0 Å². The van der Waals surface area contributed by atoms with Gasteiger partial charge < -0.3 is 30.6 Å². The summed E-state index contributed by atoms with van der Waals surface area (Å²) in [6.45, 7) is -0.877. The van der Waals surface area contributed by atoms with Gasteiger partial charge in [0.15, 0.2) is 5.76 Å². The molecule has 0 heterocycles. The summed E-state index contributed by atoms with van der Waals surface area (Å²) in [7, 11) is 0. The summed E-state index contributed by atoms with van der Waals surface area (Å²) in [4.78, 5) is 10.0. The van der Waals surface area contributed by atoms with Gasteiger partial charge in [0.1, 0.15) is 12.2 Å². The van der Waals surface area contributed by atoms with Gasteiger partial charge >= 0.3 is 5.97 Å². The Morgan fingerprint density at radius 3 is 1.92 bits per heavy atom. The van der Waals surface area contributed by atoms with Crippen LogP contribution in [0.4, 0.5) is 0 Å². The molecule has 7 nitrogen and oxygen atoms in total. The number of carboxylic acids is 1. The molecule has 2 unspecified atom stereocenters. The van der Waals surface area contributed by atoms with Gasteiger partial charge in [0.25, 0.3) is 0 Å². The van der Waals surface area contributed by atoms with E-state index in [4.69, 9.17) is 30.6 Å². The molecule has 6 N–H and O–H groups in total. The number of aliphatic hydroxyl groups excluding tert-OH is 5. The van der Waals surface area contributed by atoms with E-state index in [0.29, 0.717) is 0 Å². The summed E-state index contributed by atoms with van der Waals surface area (Å²) >= 11 is 0. The van der Waals surface area contributed by atoms with Crippen molar-refractivity contribution in [1.82, 2.24) is 0 Å². The Balaban J connectivity index is 4.66. The highest BCUT2D eigenvalue weighted by Gasteiger charge is 2.25. The van der Waals surface area contributed by atoms with Crippen molar-refractivity contribution < 1.29 is 35.4 Å². The third kappa shape index (κ3) is 2.90. The van der Waals surface area contributed by atoms with Crippen LogP contribution in [0.2, 0.25) is 0 Å². The minimum atomic E-state index is -2.03. The monoisotopic (exact) mass is 194 g/mol. The molecule has 0 saturated heterocycles. The predicted octanol–water partition coefficient (Wildman–Crippen LogP) is -1.89. The number of carboxylic acid groups (broad SMARTS) is 1. The van der Waals surface area contributed by atoms with Gasteiger partial charge in [-0.25, -0.2) is 4.79 Å². The van der Waals surface area contributed by atoms with E-state index in [9.17, 15) is 4.79 Å². The van der Waals surface area contributed by atoms with E-state index < -0.39 is 36.3 Å². The van der Waals surface area contributed by atoms with Crippen molar-refractivity contribution in [1.29, 1.82) is 0 Å². The van der Waals surface area contributed by atoms with Crippen molar-refractivity contribution in [3.8, 4) is 0 Å². The molecule has 76 valence electrons. The van der Waals surface area contributed by atoms with Crippen LogP contribution in [0.15, 0.2) is 11.5 Å². The summed E-state index contributed by atoms with van der Waals surface area (Å²) in [5.41, 5.74) is 0. The average Bonchev–Trinajstić information content (AvgIpc) is 2.12. The summed E-state index contributed by atoms with van der Waals surface area (Å²) in [5, 5.41) is 51.4. The molecule has 0 aromatic rings. The Morgan fingerprint density at radius 2 is 1.62 bits per heavy atom. The Labute approximate surface area is 72.8 Å². The average molecular weight is 194 g/mol. The van der Waals surface area contributed by atoms with Gasteiger partial charge in [0.2, 0.25) is 5.76 Å². The molecule has 7 heteroatoms. The van der Waals surface area contributed by atoms with E-state index in [0.717, 1.165) is 0 Å². The highest BCUT2D eigenvalue weighted by Crippen LogP contribution is 2.07. The van der Waals surface area contributed by atoms with Gasteiger partial charge in [-0.2, -0.15) is 0 Å². The molecule has 0 spiro atoms. The number of rotatable bonds is 4. The second-order valence-electron chi connectivity index (χ2n) is 2.23. The van der Waals surface area contributed by atoms with Crippen molar-refractivity contribution in [2.75, 3.05) is 6.61 Å². The summed E-state index contributed by atoms with van der Waals surface area (Å²) in [6, 6.07) is 0. The first kappa shape index (κ1) is 11.7. The number of aliphatic hydroxyl groups is 5. The van der Waals surface area contributed by atoms with Crippen LogP contribution >= 0.6 is 0 Å². The quantitative estimate of drug-likeness (QED) is 0.227. The maximum absolute atomic E-state index is 10.0. The minimum absolute atomic E-state index is 0.877. The molecule has 0 radical (unpaired) electrons. The Bertz CT molecular complexity index is 221. The van der Waals surface area contributed by atoms with Crippen molar-refractivity contribution in [2.24, 2.45) is 0 Å². The van der Waals surface area contributed by atoms with E-state index >= 15 is 0 Å². The molecule has 0 aromatic heterocycles. The third-order valence-corrected chi connectivity index (χ3v) is 1.28. The van der Waals surface area contributed by atoms with Crippen LogP contribution in [0.3, 0.4) is 0 Å². The van der Waals surface area contributed by atoms with Gasteiger partial charge in [-0.3, -0.25) is 0 Å². The van der Waals surface area contributed by atoms with Crippen LogP contribution in [-0.4, -0.2) is 55.4 Å². The standard InChI is InChI=1S/C6H10O7/c7-1-2(8)3(9)4(10)5(11)6(12)13/h2-3,7-11H,1H2,(H,12,13)/b5-4-. The zero-order valence-electron chi connectivity index (χ0n) is 6.45. The van der Waals surface area contributed by atoms with Crippen LogP contribution in [0.1, 0.15) is 0 Å². The lowest BCUT2D eigenvalue weighted by Gasteiger charge is -2.14. The van der Waals surface area contributed by atoms with Crippen LogP contribution in [-0.2, 0) is 4.79 Å². The third-order valence-electron chi connectivity index (χ3n) is 1.28. The van der Waals surface area contributed by atoms with Crippen molar-refractivity contribution in [3.05, 3.63) is 11.5 Å². The van der Waals surface area contributed by atoms with Crippen molar-refractivity contribution in [2.45, 2.75) is 12.2 Å². The van der Waals surface area contributed by atoms with E-state index in [1.807, 2.05) is 0 Å². The fourth-order valence-corrected chi connectivity index (χ4v) is 0.532. The van der Waals surface area contributed by atoms with E-state index in [2.05, 4.69) is 0 Å². The van der Waals surface area contributed by atoms with Crippen molar-refractivity contribution >= 4 is 5.97 Å². The lowest BCUT2D eigenvalue weighted by atomic mass is 10.1. The molecule has 0 aliphatic carbocycles. The highest BCUT2D eigenvalue weighted by molar-refractivity contribution is 5.84. The first-order valence-corrected chi connectivity index (χ1v) is 3.24. The minimum Gasteiger partial charge on any atom is -0.506 e. The van der Waals surface area contributed by atoms with Crippen LogP contribution < -0.4 is 0 Å². The maximum atomic E-state index is 10.0. The SMILES string of the molecule is O=C(O)/C(O)=C(/O)C(O)C(O)CO. The second kappa shape index (κ2) is 4.65. The molecular weight excluding hydrogens is 184 g/mol. The van der Waals surface area contributed by atoms with Gasteiger partial charge in [-0.15, -0.1) is 0 Å². The van der Waals surface area contributed by atoms with E-state index in [-0.39, 0.29) is 0 Å². The lowest BCUT2D eigenvalue weighted by molar-refractivity contribution is -0.136. The molecule has 2 atom stereocenters. The lowest BCUT2D eigenvalue weighted by Crippen LogP contribution is -2.32. The topological polar surface area (TPSA) is 138 Å². The number of aliphatic carboxylic acids is 1. The normalized spacial score (nSPS) is 17.5. The molecule has 0 fully saturated rings. The molecule has 0 rings (SSSR count). The fourth-order valence-electron chi connectivity index (χ4n) is 0.532. The van der Waals surface area contributed by atoms with E-state index in [1.54, 1.807) is 0 Å². The van der Waals surface area contributed by atoms with Gasteiger partial charge in [-0.05, 0) is 0 Å².